The molecule has 0 radical (unpaired) electrons. The van der Waals surface area contributed by atoms with Crippen molar-refractivity contribution in [2.24, 2.45) is 11.8 Å². The van der Waals surface area contributed by atoms with Gasteiger partial charge in [-0.2, -0.15) is 0 Å². The zero-order valence-electron chi connectivity index (χ0n) is 25.2. The average Bonchev–Trinajstić information content (AvgIpc) is 3.43. The fourth-order valence-corrected chi connectivity index (χ4v) is 7.71. The van der Waals surface area contributed by atoms with Crippen LogP contribution in [0.15, 0.2) is 114 Å². The molecule has 1 fully saturated rings. The number of hydrogen-bond acceptors (Lipinski definition) is 0. The van der Waals surface area contributed by atoms with Crippen LogP contribution in [0.3, 0.4) is 0 Å². The van der Waals surface area contributed by atoms with Crippen LogP contribution in [0.2, 0.25) is 0 Å². The van der Waals surface area contributed by atoms with E-state index in [1.54, 1.807) is 5.57 Å². The van der Waals surface area contributed by atoms with E-state index in [4.69, 9.17) is 0 Å². The van der Waals surface area contributed by atoms with Gasteiger partial charge >= 0.3 is 0 Å². The fourth-order valence-electron chi connectivity index (χ4n) is 7.71. The summed E-state index contributed by atoms with van der Waals surface area (Å²) in [6.07, 6.45) is 12.3. The fraction of sp³-hybridized carbons (Fsp3) is 0.268. The Morgan fingerprint density at radius 3 is 2.26 bits per heavy atom. The second-order valence-electron chi connectivity index (χ2n) is 13.5. The zero-order valence-corrected chi connectivity index (χ0v) is 25.2. The first kappa shape index (κ1) is 25.6. The van der Waals surface area contributed by atoms with Crippen LogP contribution >= 0.6 is 0 Å². The highest BCUT2D eigenvalue weighted by Gasteiger charge is 2.36. The second-order valence-corrected chi connectivity index (χ2v) is 13.5. The number of fused-ring (bicyclic) bond motifs is 6. The second kappa shape index (κ2) is 9.46. The molecular formula is C41H39N. The normalized spacial score (nSPS) is 18.7. The van der Waals surface area contributed by atoms with E-state index in [0.717, 1.165) is 6.42 Å². The third kappa shape index (κ3) is 3.76. The Morgan fingerprint density at radius 2 is 1.55 bits per heavy atom. The Kier molecular flexibility index (Phi) is 5.77. The van der Waals surface area contributed by atoms with E-state index in [1.165, 1.54) is 85.7 Å². The van der Waals surface area contributed by atoms with Crippen molar-refractivity contribution in [3.05, 3.63) is 131 Å². The molecule has 1 aromatic heterocycles. The first-order valence-corrected chi connectivity index (χ1v) is 15.8. The monoisotopic (exact) mass is 545 g/mol. The molecule has 8 rings (SSSR count). The largest absolute Gasteiger partial charge is 0.309 e. The van der Waals surface area contributed by atoms with Crippen LogP contribution in [-0.4, -0.2) is 4.57 Å². The summed E-state index contributed by atoms with van der Waals surface area (Å²) < 4.78 is 2.48. The molecule has 0 saturated heterocycles. The number of para-hydroxylation sites is 1. The molecule has 4 aromatic carbocycles. The van der Waals surface area contributed by atoms with Crippen LogP contribution in [0.1, 0.15) is 70.1 Å². The summed E-state index contributed by atoms with van der Waals surface area (Å²) in [5.74, 6) is 1.34. The predicted molar refractivity (Wildman–Crippen MR) is 179 cm³/mol. The molecule has 3 aliphatic rings. The maximum atomic E-state index is 2.49. The molecule has 5 aromatic rings. The van der Waals surface area contributed by atoms with Gasteiger partial charge in [-0.1, -0.05) is 106 Å². The molecule has 1 unspecified atom stereocenters. The van der Waals surface area contributed by atoms with Gasteiger partial charge in [0, 0.05) is 21.9 Å². The summed E-state index contributed by atoms with van der Waals surface area (Å²) in [4.78, 5) is 0. The lowest BCUT2D eigenvalue weighted by atomic mass is 9.79. The minimum atomic E-state index is -0.00612. The van der Waals surface area contributed by atoms with Crippen molar-refractivity contribution < 1.29 is 0 Å². The van der Waals surface area contributed by atoms with E-state index < -0.39 is 0 Å². The smallest absolute Gasteiger partial charge is 0.0547 e. The van der Waals surface area contributed by atoms with Gasteiger partial charge in [-0.15, -0.1) is 0 Å². The van der Waals surface area contributed by atoms with Gasteiger partial charge in [0.05, 0.1) is 11.0 Å². The summed E-state index contributed by atoms with van der Waals surface area (Å²) in [6, 6.07) is 32.2. The van der Waals surface area contributed by atoms with Crippen LogP contribution in [0.25, 0.3) is 44.2 Å². The lowest BCUT2D eigenvalue weighted by Gasteiger charge is -2.26. The third-order valence-corrected chi connectivity index (χ3v) is 10.4. The minimum absolute atomic E-state index is 0.00612. The Labute approximate surface area is 249 Å². The Hall–Kier alpha value is -4.10. The van der Waals surface area contributed by atoms with Gasteiger partial charge in [-0.25, -0.2) is 0 Å². The molecule has 0 aliphatic heterocycles. The van der Waals surface area contributed by atoms with Crippen molar-refractivity contribution in [3.63, 3.8) is 0 Å². The molecule has 0 spiro atoms. The predicted octanol–water partition coefficient (Wildman–Crippen LogP) is 11.2. The zero-order chi connectivity index (χ0) is 28.6. The molecule has 208 valence electrons. The molecule has 1 nitrogen and oxygen atoms in total. The maximum absolute atomic E-state index is 2.49. The molecule has 1 atom stereocenters. The van der Waals surface area contributed by atoms with Gasteiger partial charge in [0.25, 0.3) is 0 Å². The van der Waals surface area contributed by atoms with Crippen molar-refractivity contribution >= 4 is 27.4 Å². The van der Waals surface area contributed by atoms with Crippen molar-refractivity contribution in [2.45, 2.75) is 58.8 Å². The number of benzene rings is 4. The standard InChI is InChI=1S/C41H39N/c1-26(2)27-16-18-29(19-17-27)40(28-10-9-11-28)30-20-22-31(23-21-30)42-38-15-8-6-13-33(38)35-24-37-34(25-39(35)42)32-12-5-7-14-36(32)41(37,3)4/h5-8,12-16,18-27H,9-11,17H2,1-4H3. The van der Waals surface area contributed by atoms with Gasteiger partial charge < -0.3 is 4.57 Å². The van der Waals surface area contributed by atoms with Crippen LogP contribution in [0.4, 0.5) is 0 Å². The van der Waals surface area contributed by atoms with Crippen molar-refractivity contribution in [1.82, 2.24) is 4.57 Å². The minimum Gasteiger partial charge on any atom is -0.309 e. The summed E-state index contributed by atoms with van der Waals surface area (Å²) in [6.45, 7) is 9.41. The van der Waals surface area contributed by atoms with Crippen molar-refractivity contribution in [3.8, 4) is 16.8 Å². The van der Waals surface area contributed by atoms with Crippen LogP contribution in [0.5, 0.6) is 0 Å². The Balaban J connectivity index is 1.27. The molecule has 0 amide bonds. The highest BCUT2D eigenvalue weighted by molar-refractivity contribution is 6.11. The van der Waals surface area contributed by atoms with Crippen molar-refractivity contribution in [2.75, 3.05) is 0 Å². The molecule has 0 N–H and O–H groups in total. The lowest BCUT2D eigenvalue weighted by molar-refractivity contribution is 0.467. The van der Waals surface area contributed by atoms with E-state index in [1.807, 2.05) is 0 Å². The number of hydrogen-bond donors (Lipinski definition) is 0. The first-order chi connectivity index (χ1) is 20.4. The van der Waals surface area contributed by atoms with Gasteiger partial charge in [0.2, 0.25) is 0 Å². The van der Waals surface area contributed by atoms with E-state index >= 15 is 0 Å². The van der Waals surface area contributed by atoms with Crippen LogP contribution < -0.4 is 0 Å². The molecule has 1 heteroatoms. The molecule has 1 saturated carbocycles. The van der Waals surface area contributed by atoms with E-state index in [-0.39, 0.29) is 5.41 Å². The van der Waals surface area contributed by atoms with Gasteiger partial charge in [0.1, 0.15) is 0 Å². The Morgan fingerprint density at radius 1 is 0.786 bits per heavy atom. The van der Waals surface area contributed by atoms with E-state index in [2.05, 4.69) is 135 Å². The van der Waals surface area contributed by atoms with Gasteiger partial charge in [-0.05, 0) is 107 Å². The number of allylic oxidation sites excluding steroid dienone is 6. The van der Waals surface area contributed by atoms with E-state index in [0.29, 0.717) is 11.8 Å². The molecule has 0 bridgehead atoms. The average molecular weight is 546 g/mol. The SMILES string of the molecule is CC(C)C1C=CC(C(=C2CCC2)c2ccc(-n3c4ccccc4c4cc5c(cc43)-c3ccccc3C5(C)C)cc2)=CC1. The summed E-state index contributed by atoms with van der Waals surface area (Å²) in [5, 5.41) is 2.66. The van der Waals surface area contributed by atoms with Crippen LogP contribution in [0, 0.1) is 11.8 Å². The molecule has 3 aliphatic carbocycles. The quantitative estimate of drug-likeness (QED) is 0.212. The maximum Gasteiger partial charge on any atom is 0.0547 e. The van der Waals surface area contributed by atoms with E-state index in [9.17, 15) is 0 Å². The van der Waals surface area contributed by atoms with Crippen LogP contribution in [-0.2, 0) is 5.41 Å². The van der Waals surface area contributed by atoms with Crippen molar-refractivity contribution in [1.29, 1.82) is 0 Å². The number of aromatic nitrogens is 1. The number of nitrogens with zero attached hydrogens (tertiary/aromatic N) is 1. The summed E-state index contributed by atoms with van der Waals surface area (Å²) in [7, 11) is 0. The van der Waals surface area contributed by atoms with Gasteiger partial charge in [0.15, 0.2) is 0 Å². The first-order valence-electron chi connectivity index (χ1n) is 15.8. The topological polar surface area (TPSA) is 4.93 Å². The Bertz CT molecular complexity index is 1960. The van der Waals surface area contributed by atoms with Gasteiger partial charge in [-0.3, -0.25) is 0 Å². The third-order valence-electron chi connectivity index (χ3n) is 10.4. The summed E-state index contributed by atoms with van der Waals surface area (Å²) >= 11 is 0. The highest BCUT2D eigenvalue weighted by atomic mass is 15.0. The lowest BCUT2D eigenvalue weighted by Crippen LogP contribution is -2.14. The highest BCUT2D eigenvalue weighted by Crippen LogP contribution is 2.51. The molecule has 1 heterocycles. The molecule has 42 heavy (non-hydrogen) atoms. The summed E-state index contributed by atoms with van der Waals surface area (Å²) in [5.41, 5.74) is 15.2. The molecular weight excluding hydrogens is 506 g/mol. The number of rotatable bonds is 4.